The Bertz CT molecular complexity index is 375. The minimum atomic E-state index is -0.494. The highest BCUT2D eigenvalue weighted by Gasteiger charge is 1.92. The summed E-state index contributed by atoms with van der Waals surface area (Å²) in [4.78, 5) is 3.70. The van der Waals surface area contributed by atoms with E-state index < -0.39 is 6.67 Å². The second-order valence-corrected chi connectivity index (χ2v) is 2.98. The third kappa shape index (κ3) is 6.42. The monoisotopic (exact) mass is 259 g/mol. The zero-order valence-corrected chi connectivity index (χ0v) is 9.99. The third-order valence-electron chi connectivity index (χ3n) is 1.72. The SMILES string of the molecule is Cl.NC(N)=NC=Cc1ccc(OCCF)cc1. The first-order chi connectivity index (χ1) is 7.72. The van der Waals surface area contributed by atoms with Crippen LogP contribution in [0.15, 0.2) is 35.5 Å². The van der Waals surface area contributed by atoms with Gasteiger partial charge in [-0.3, -0.25) is 0 Å². The van der Waals surface area contributed by atoms with Crippen molar-refractivity contribution in [2.24, 2.45) is 16.5 Å². The van der Waals surface area contributed by atoms with Crippen LogP contribution in [0.1, 0.15) is 5.56 Å². The van der Waals surface area contributed by atoms with E-state index in [1.54, 1.807) is 18.2 Å². The molecule has 0 spiro atoms. The van der Waals surface area contributed by atoms with Crippen LogP contribution < -0.4 is 16.2 Å². The maximum atomic E-state index is 11.8. The summed E-state index contributed by atoms with van der Waals surface area (Å²) in [5, 5.41) is 0. The van der Waals surface area contributed by atoms with Crippen LogP contribution in [-0.2, 0) is 0 Å². The van der Waals surface area contributed by atoms with Crippen molar-refractivity contribution in [1.82, 2.24) is 0 Å². The number of rotatable bonds is 5. The smallest absolute Gasteiger partial charge is 0.190 e. The molecule has 0 amide bonds. The highest BCUT2D eigenvalue weighted by Crippen LogP contribution is 2.13. The van der Waals surface area contributed by atoms with E-state index in [1.165, 1.54) is 6.20 Å². The first-order valence-electron chi connectivity index (χ1n) is 4.76. The van der Waals surface area contributed by atoms with Gasteiger partial charge >= 0.3 is 0 Å². The lowest BCUT2D eigenvalue weighted by atomic mass is 10.2. The van der Waals surface area contributed by atoms with Gasteiger partial charge in [0.25, 0.3) is 0 Å². The van der Waals surface area contributed by atoms with Gasteiger partial charge in [0.15, 0.2) is 5.96 Å². The molecule has 17 heavy (non-hydrogen) atoms. The first kappa shape index (κ1) is 15.2. The van der Waals surface area contributed by atoms with Crippen LogP contribution in [0.2, 0.25) is 0 Å². The molecular weight excluding hydrogens is 245 g/mol. The lowest BCUT2D eigenvalue weighted by molar-refractivity contribution is 0.273. The molecule has 4 N–H and O–H groups in total. The van der Waals surface area contributed by atoms with E-state index in [9.17, 15) is 4.39 Å². The molecule has 0 atom stereocenters. The largest absolute Gasteiger partial charge is 0.491 e. The molecule has 1 aromatic rings. The third-order valence-corrected chi connectivity index (χ3v) is 1.72. The van der Waals surface area contributed by atoms with Gasteiger partial charge in [-0.2, -0.15) is 0 Å². The molecule has 0 aliphatic rings. The molecule has 6 heteroatoms. The molecule has 0 saturated heterocycles. The van der Waals surface area contributed by atoms with E-state index in [0.717, 1.165) is 5.56 Å². The number of aliphatic imine (C=N–C) groups is 1. The van der Waals surface area contributed by atoms with E-state index in [-0.39, 0.29) is 25.0 Å². The Hall–Kier alpha value is -1.75. The number of hydrogen-bond acceptors (Lipinski definition) is 2. The Morgan fingerprint density at radius 2 is 1.94 bits per heavy atom. The van der Waals surface area contributed by atoms with Gasteiger partial charge in [-0.05, 0) is 23.8 Å². The topological polar surface area (TPSA) is 73.6 Å². The van der Waals surface area contributed by atoms with Crippen molar-refractivity contribution < 1.29 is 9.13 Å². The fourth-order valence-electron chi connectivity index (χ4n) is 1.04. The van der Waals surface area contributed by atoms with Crippen LogP contribution in [0, 0.1) is 0 Å². The molecule has 0 aromatic heterocycles. The summed E-state index contributed by atoms with van der Waals surface area (Å²) in [6.45, 7) is -0.421. The molecule has 0 heterocycles. The van der Waals surface area contributed by atoms with Gasteiger partial charge in [0.05, 0.1) is 0 Å². The van der Waals surface area contributed by atoms with Crippen molar-refractivity contribution >= 4 is 24.4 Å². The predicted molar refractivity (Wildman–Crippen MR) is 70.0 cm³/mol. The van der Waals surface area contributed by atoms with Crippen molar-refractivity contribution in [3.8, 4) is 5.75 Å². The highest BCUT2D eigenvalue weighted by atomic mass is 35.5. The number of ether oxygens (including phenoxy) is 1. The van der Waals surface area contributed by atoms with Crippen molar-refractivity contribution in [2.45, 2.75) is 0 Å². The number of nitrogens with two attached hydrogens (primary N) is 2. The summed E-state index contributed by atoms with van der Waals surface area (Å²) in [5.74, 6) is 0.649. The van der Waals surface area contributed by atoms with Crippen molar-refractivity contribution in [3.63, 3.8) is 0 Å². The van der Waals surface area contributed by atoms with Crippen LogP contribution in [0.25, 0.3) is 6.08 Å². The minimum Gasteiger partial charge on any atom is -0.491 e. The van der Waals surface area contributed by atoms with Gasteiger partial charge in [-0.1, -0.05) is 12.1 Å². The second-order valence-electron chi connectivity index (χ2n) is 2.98. The van der Waals surface area contributed by atoms with Crippen LogP contribution in [0.3, 0.4) is 0 Å². The zero-order valence-electron chi connectivity index (χ0n) is 9.17. The van der Waals surface area contributed by atoms with E-state index in [1.807, 2.05) is 12.1 Å². The molecule has 0 saturated carbocycles. The van der Waals surface area contributed by atoms with Gasteiger partial charge < -0.3 is 16.2 Å². The van der Waals surface area contributed by atoms with Crippen molar-refractivity contribution in [3.05, 3.63) is 36.0 Å². The average Bonchev–Trinajstić information content (AvgIpc) is 2.27. The number of hydrogen-bond donors (Lipinski definition) is 2. The maximum Gasteiger partial charge on any atom is 0.190 e. The van der Waals surface area contributed by atoms with E-state index in [2.05, 4.69) is 4.99 Å². The van der Waals surface area contributed by atoms with Crippen LogP contribution >= 0.6 is 12.4 Å². The Morgan fingerprint density at radius 3 is 2.47 bits per heavy atom. The standard InChI is InChI=1S/C11H14FN3O.ClH/c12-6-8-16-10-3-1-9(2-4-10)5-7-15-11(13)14;/h1-5,7H,6,8H2,(H4,13,14,15);1H. The normalized spacial score (nSPS) is 9.71. The summed E-state index contributed by atoms with van der Waals surface area (Å²) in [7, 11) is 0. The fourth-order valence-corrected chi connectivity index (χ4v) is 1.04. The Morgan fingerprint density at radius 1 is 1.29 bits per heavy atom. The molecule has 0 aliphatic carbocycles. The van der Waals surface area contributed by atoms with E-state index in [0.29, 0.717) is 5.75 Å². The molecule has 0 bridgehead atoms. The Balaban J connectivity index is 0.00000256. The van der Waals surface area contributed by atoms with Gasteiger partial charge in [-0.15, -0.1) is 12.4 Å². The summed E-state index contributed by atoms with van der Waals surface area (Å²) < 4.78 is 16.9. The van der Waals surface area contributed by atoms with Gasteiger partial charge in [0, 0.05) is 6.20 Å². The molecular formula is C11H15ClFN3O. The molecule has 0 radical (unpaired) electrons. The highest BCUT2D eigenvalue weighted by molar-refractivity contribution is 5.85. The summed E-state index contributed by atoms with van der Waals surface area (Å²) in [6.07, 6.45) is 3.26. The number of nitrogens with zero attached hydrogens (tertiary/aromatic N) is 1. The summed E-state index contributed by atoms with van der Waals surface area (Å²) in [6, 6.07) is 7.16. The first-order valence-corrected chi connectivity index (χ1v) is 4.76. The van der Waals surface area contributed by atoms with Crippen molar-refractivity contribution in [2.75, 3.05) is 13.3 Å². The Kier molecular flexibility index (Phi) is 7.54. The Labute approximate surface area is 106 Å². The number of guanidine groups is 1. The summed E-state index contributed by atoms with van der Waals surface area (Å²) >= 11 is 0. The number of benzene rings is 1. The molecule has 0 unspecified atom stereocenters. The van der Waals surface area contributed by atoms with E-state index >= 15 is 0 Å². The summed E-state index contributed by atoms with van der Waals surface area (Å²) in [5.41, 5.74) is 11.2. The second kappa shape index (κ2) is 8.41. The van der Waals surface area contributed by atoms with Gasteiger partial charge in [-0.25, -0.2) is 9.38 Å². The molecule has 94 valence electrons. The lowest BCUT2D eigenvalue weighted by Crippen LogP contribution is -2.21. The molecule has 0 fully saturated rings. The molecule has 1 aromatic carbocycles. The number of halogens is 2. The molecule has 1 rings (SSSR count). The van der Waals surface area contributed by atoms with Gasteiger partial charge in [0.1, 0.15) is 19.0 Å². The fraction of sp³-hybridized carbons (Fsp3) is 0.182. The van der Waals surface area contributed by atoms with Crippen LogP contribution in [0.4, 0.5) is 4.39 Å². The maximum absolute atomic E-state index is 11.8. The molecule has 0 aliphatic heterocycles. The predicted octanol–water partition coefficient (Wildman–Crippen LogP) is 1.70. The van der Waals surface area contributed by atoms with E-state index in [4.69, 9.17) is 16.2 Å². The molecule has 4 nitrogen and oxygen atoms in total. The quantitative estimate of drug-likeness (QED) is 0.624. The number of alkyl halides is 1. The van der Waals surface area contributed by atoms with Crippen molar-refractivity contribution in [1.29, 1.82) is 0 Å². The zero-order chi connectivity index (χ0) is 11.8. The lowest BCUT2D eigenvalue weighted by Gasteiger charge is -2.02. The minimum absolute atomic E-state index is 0. The van der Waals surface area contributed by atoms with Crippen LogP contribution in [0.5, 0.6) is 5.75 Å². The van der Waals surface area contributed by atoms with Crippen LogP contribution in [-0.4, -0.2) is 19.2 Å². The average molecular weight is 260 g/mol. The van der Waals surface area contributed by atoms with Gasteiger partial charge in [0.2, 0.25) is 0 Å².